The summed E-state index contributed by atoms with van der Waals surface area (Å²) in [5.74, 6) is 1.34. The zero-order chi connectivity index (χ0) is 20.1. The highest BCUT2D eigenvalue weighted by molar-refractivity contribution is 5.93. The molecule has 3 heterocycles. The molecule has 1 aromatic carbocycles. The van der Waals surface area contributed by atoms with Crippen LogP contribution in [0.5, 0.6) is 0 Å². The average molecular weight is 393 g/mol. The number of hydrogen-bond donors (Lipinski definition) is 2. The lowest BCUT2D eigenvalue weighted by Crippen LogP contribution is -2.48. The Bertz CT molecular complexity index is 926. The predicted molar refractivity (Wildman–Crippen MR) is 112 cm³/mol. The van der Waals surface area contributed by atoms with Gasteiger partial charge in [0.15, 0.2) is 11.5 Å². The van der Waals surface area contributed by atoms with Gasteiger partial charge in [-0.25, -0.2) is 0 Å². The Labute approximate surface area is 170 Å². The molecule has 1 aliphatic heterocycles. The lowest BCUT2D eigenvalue weighted by Gasteiger charge is -2.34. The maximum Gasteiger partial charge on any atom is 0.271 e. The number of rotatable bonds is 7. The Balaban J connectivity index is 1.18. The minimum Gasteiger partial charge on any atom is -0.460 e. The van der Waals surface area contributed by atoms with Gasteiger partial charge in [0.25, 0.3) is 5.91 Å². The van der Waals surface area contributed by atoms with Gasteiger partial charge in [0.2, 0.25) is 0 Å². The van der Waals surface area contributed by atoms with E-state index in [4.69, 9.17) is 4.42 Å². The molecule has 0 bridgehead atoms. The molecule has 1 amide bonds. The summed E-state index contributed by atoms with van der Waals surface area (Å²) >= 11 is 0. The van der Waals surface area contributed by atoms with Gasteiger partial charge in [0.1, 0.15) is 11.5 Å². The molecule has 0 unspecified atom stereocenters. The van der Waals surface area contributed by atoms with E-state index in [0.717, 1.165) is 45.0 Å². The number of amides is 1. The summed E-state index contributed by atoms with van der Waals surface area (Å²) in [5, 5.41) is 9.92. The standard InChI is InChI=1S/C22H27N5O2/c1-17-7-8-21(29-17)19-15-20(25-24-19)22(28)23-9-10-26-11-13-27(14-12-26)16-18-5-3-2-4-6-18/h2-8,15H,9-14,16H2,1H3,(H,23,28)(H,24,25). The highest BCUT2D eigenvalue weighted by Crippen LogP contribution is 2.20. The van der Waals surface area contributed by atoms with Crippen molar-refractivity contribution in [1.82, 2.24) is 25.3 Å². The number of carbonyl (C=O) groups excluding carboxylic acids is 1. The number of aryl methyl sites for hydroxylation is 1. The van der Waals surface area contributed by atoms with Crippen LogP contribution >= 0.6 is 0 Å². The molecule has 7 nitrogen and oxygen atoms in total. The number of aromatic amines is 1. The normalized spacial score (nSPS) is 15.5. The lowest BCUT2D eigenvalue weighted by molar-refractivity contribution is 0.0929. The second-order valence-corrected chi connectivity index (χ2v) is 7.44. The molecule has 1 saturated heterocycles. The van der Waals surface area contributed by atoms with Crippen LogP contribution < -0.4 is 5.32 Å². The first-order valence-electron chi connectivity index (χ1n) is 10.1. The van der Waals surface area contributed by atoms with Crippen LogP contribution in [-0.2, 0) is 6.54 Å². The number of aromatic nitrogens is 2. The highest BCUT2D eigenvalue weighted by atomic mass is 16.3. The van der Waals surface area contributed by atoms with Gasteiger partial charge < -0.3 is 9.73 Å². The Morgan fingerprint density at radius 1 is 1.10 bits per heavy atom. The number of benzene rings is 1. The number of H-pyrrole nitrogens is 1. The summed E-state index contributed by atoms with van der Waals surface area (Å²) < 4.78 is 5.56. The first-order chi connectivity index (χ1) is 14.2. The van der Waals surface area contributed by atoms with E-state index in [1.165, 1.54) is 5.56 Å². The topological polar surface area (TPSA) is 77.4 Å². The molecule has 1 fully saturated rings. The van der Waals surface area contributed by atoms with Crippen molar-refractivity contribution >= 4 is 5.91 Å². The van der Waals surface area contributed by atoms with Crippen molar-refractivity contribution in [2.24, 2.45) is 0 Å². The fourth-order valence-corrected chi connectivity index (χ4v) is 3.57. The molecule has 4 rings (SSSR count). The van der Waals surface area contributed by atoms with Crippen LogP contribution in [0.3, 0.4) is 0 Å². The maximum absolute atomic E-state index is 12.3. The van der Waals surface area contributed by atoms with Gasteiger partial charge in [-0.05, 0) is 24.6 Å². The van der Waals surface area contributed by atoms with Crippen molar-refractivity contribution in [3.05, 3.63) is 65.5 Å². The molecular formula is C22H27N5O2. The number of furan rings is 1. The highest BCUT2D eigenvalue weighted by Gasteiger charge is 2.17. The van der Waals surface area contributed by atoms with Crippen LogP contribution in [0.1, 0.15) is 21.8 Å². The van der Waals surface area contributed by atoms with Crippen molar-refractivity contribution in [1.29, 1.82) is 0 Å². The van der Waals surface area contributed by atoms with E-state index >= 15 is 0 Å². The van der Waals surface area contributed by atoms with Crippen molar-refractivity contribution in [2.45, 2.75) is 13.5 Å². The summed E-state index contributed by atoms with van der Waals surface area (Å²) in [7, 11) is 0. The van der Waals surface area contributed by atoms with Gasteiger partial charge in [-0.2, -0.15) is 5.10 Å². The first kappa shape index (κ1) is 19.4. The van der Waals surface area contributed by atoms with Gasteiger partial charge in [-0.3, -0.25) is 19.7 Å². The summed E-state index contributed by atoms with van der Waals surface area (Å²) in [6, 6.07) is 16.0. The summed E-state index contributed by atoms with van der Waals surface area (Å²) in [6.07, 6.45) is 0. The molecule has 152 valence electrons. The monoisotopic (exact) mass is 393 g/mol. The lowest BCUT2D eigenvalue weighted by atomic mass is 10.2. The smallest absolute Gasteiger partial charge is 0.271 e. The predicted octanol–water partition coefficient (Wildman–Crippen LogP) is 2.53. The molecule has 29 heavy (non-hydrogen) atoms. The molecule has 1 aliphatic rings. The molecule has 0 saturated carbocycles. The van der Waals surface area contributed by atoms with Gasteiger partial charge in [0, 0.05) is 51.9 Å². The Morgan fingerprint density at radius 2 is 1.86 bits per heavy atom. The summed E-state index contributed by atoms with van der Waals surface area (Å²) in [6.45, 7) is 8.48. The van der Waals surface area contributed by atoms with Gasteiger partial charge >= 0.3 is 0 Å². The van der Waals surface area contributed by atoms with Crippen LogP contribution in [0.15, 0.2) is 52.9 Å². The fraction of sp³-hybridized carbons (Fsp3) is 0.364. The zero-order valence-corrected chi connectivity index (χ0v) is 16.7. The number of nitrogens with one attached hydrogen (secondary N) is 2. The van der Waals surface area contributed by atoms with E-state index in [9.17, 15) is 4.79 Å². The Kier molecular flexibility index (Phi) is 6.07. The number of hydrogen-bond acceptors (Lipinski definition) is 5. The molecule has 3 aromatic rings. The molecule has 0 atom stereocenters. The third kappa shape index (κ3) is 5.13. The SMILES string of the molecule is Cc1ccc(-c2cc(C(=O)NCCN3CCN(Cc4ccccc4)CC3)n[nH]2)o1. The Morgan fingerprint density at radius 3 is 2.59 bits per heavy atom. The van der Waals surface area contributed by atoms with Crippen LogP contribution in [0.2, 0.25) is 0 Å². The summed E-state index contributed by atoms with van der Waals surface area (Å²) in [4.78, 5) is 17.2. The largest absolute Gasteiger partial charge is 0.460 e. The van der Waals surface area contributed by atoms with E-state index in [1.807, 2.05) is 19.1 Å². The van der Waals surface area contributed by atoms with Crippen LogP contribution in [-0.4, -0.2) is 65.2 Å². The van der Waals surface area contributed by atoms with Crippen LogP contribution in [0, 0.1) is 6.92 Å². The fourth-order valence-electron chi connectivity index (χ4n) is 3.57. The van der Waals surface area contributed by atoms with E-state index in [-0.39, 0.29) is 5.91 Å². The number of nitrogens with zero attached hydrogens (tertiary/aromatic N) is 3. The summed E-state index contributed by atoms with van der Waals surface area (Å²) in [5.41, 5.74) is 2.44. The van der Waals surface area contributed by atoms with Crippen LogP contribution in [0.4, 0.5) is 0 Å². The quantitative estimate of drug-likeness (QED) is 0.645. The molecule has 2 N–H and O–H groups in total. The van der Waals surface area contributed by atoms with Crippen molar-refractivity contribution < 1.29 is 9.21 Å². The molecule has 0 spiro atoms. The van der Waals surface area contributed by atoms with Gasteiger partial charge in [-0.15, -0.1) is 0 Å². The maximum atomic E-state index is 12.3. The molecule has 2 aromatic heterocycles. The molecule has 0 radical (unpaired) electrons. The first-order valence-corrected chi connectivity index (χ1v) is 10.1. The number of piperazine rings is 1. The third-order valence-corrected chi connectivity index (χ3v) is 5.24. The molecule has 7 heteroatoms. The van der Waals surface area contributed by atoms with E-state index < -0.39 is 0 Å². The number of carbonyl (C=O) groups is 1. The van der Waals surface area contributed by atoms with Crippen molar-refractivity contribution in [3.63, 3.8) is 0 Å². The van der Waals surface area contributed by atoms with Gasteiger partial charge in [-0.1, -0.05) is 30.3 Å². The molecular weight excluding hydrogens is 366 g/mol. The second-order valence-electron chi connectivity index (χ2n) is 7.44. The second kappa shape index (κ2) is 9.07. The van der Waals surface area contributed by atoms with Crippen molar-refractivity contribution in [2.75, 3.05) is 39.3 Å². The van der Waals surface area contributed by atoms with Crippen molar-refractivity contribution in [3.8, 4) is 11.5 Å². The van der Waals surface area contributed by atoms with E-state index in [0.29, 0.717) is 23.7 Å². The minimum atomic E-state index is -0.168. The third-order valence-electron chi connectivity index (χ3n) is 5.24. The molecule has 0 aliphatic carbocycles. The van der Waals surface area contributed by atoms with E-state index in [1.54, 1.807) is 6.07 Å². The zero-order valence-electron chi connectivity index (χ0n) is 16.7. The van der Waals surface area contributed by atoms with Gasteiger partial charge in [0.05, 0.1) is 0 Å². The minimum absolute atomic E-state index is 0.168. The van der Waals surface area contributed by atoms with Crippen LogP contribution in [0.25, 0.3) is 11.5 Å². The van der Waals surface area contributed by atoms with E-state index in [2.05, 4.69) is 55.6 Å². The average Bonchev–Trinajstić information content (AvgIpc) is 3.39. The Hall–Kier alpha value is -2.90.